The Morgan fingerprint density at radius 2 is 2.04 bits per heavy atom. The minimum absolute atomic E-state index is 0.00713. The van der Waals surface area contributed by atoms with Crippen molar-refractivity contribution in [3.8, 4) is 0 Å². The lowest BCUT2D eigenvalue weighted by Crippen LogP contribution is -2.43. The highest BCUT2D eigenvalue weighted by atomic mass is 32.2. The van der Waals surface area contributed by atoms with Crippen LogP contribution in [0.3, 0.4) is 0 Å². The Hall–Kier alpha value is -1.84. The van der Waals surface area contributed by atoms with Crippen LogP contribution in [0.2, 0.25) is 0 Å². The second kappa shape index (κ2) is 7.53. The number of halogens is 1. The van der Waals surface area contributed by atoms with Crippen LogP contribution in [0, 0.1) is 11.7 Å². The number of amides is 1. The summed E-state index contributed by atoms with van der Waals surface area (Å²) in [5.74, 6) is -0.248. The highest BCUT2D eigenvalue weighted by Gasteiger charge is 2.39. The smallest absolute Gasteiger partial charge is 0.244 e. The molecule has 1 aliphatic heterocycles. The molecule has 0 unspecified atom stereocenters. The maximum atomic E-state index is 13.1. The van der Waals surface area contributed by atoms with Crippen molar-refractivity contribution in [2.75, 3.05) is 11.9 Å². The van der Waals surface area contributed by atoms with Gasteiger partial charge in [0.25, 0.3) is 0 Å². The van der Waals surface area contributed by atoms with Crippen LogP contribution in [0.5, 0.6) is 0 Å². The molecule has 2 aliphatic rings. The largest absolute Gasteiger partial charge is 0.301 e. The Labute approximate surface area is 167 Å². The minimum Gasteiger partial charge on any atom is -0.301 e. The first-order chi connectivity index (χ1) is 13.3. The van der Waals surface area contributed by atoms with E-state index in [0.29, 0.717) is 23.9 Å². The zero-order valence-corrected chi connectivity index (χ0v) is 17.2. The molecule has 2 aromatic rings. The lowest BCUT2D eigenvalue weighted by atomic mass is 9.93. The van der Waals surface area contributed by atoms with Gasteiger partial charge in [0.2, 0.25) is 15.9 Å². The summed E-state index contributed by atoms with van der Waals surface area (Å²) in [7, 11) is -3.86. The van der Waals surface area contributed by atoms with Crippen LogP contribution in [0.15, 0.2) is 29.2 Å². The van der Waals surface area contributed by atoms with Crippen molar-refractivity contribution in [2.24, 2.45) is 5.92 Å². The average molecular weight is 424 g/mol. The maximum Gasteiger partial charge on any atom is 0.244 e. The number of hydrogen-bond donors (Lipinski definition) is 1. The summed E-state index contributed by atoms with van der Waals surface area (Å²) in [5, 5.41) is 3.36. The number of thiazole rings is 1. The third-order valence-electron chi connectivity index (χ3n) is 5.34. The highest BCUT2D eigenvalue weighted by molar-refractivity contribution is 7.89. The van der Waals surface area contributed by atoms with Crippen LogP contribution in [0.1, 0.15) is 36.8 Å². The molecular weight excluding hydrogens is 401 g/mol. The van der Waals surface area contributed by atoms with E-state index >= 15 is 0 Å². The summed E-state index contributed by atoms with van der Waals surface area (Å²) in [6.07, 6.45) is 4.03. The summed E-state index contributed by atoms with van der Waals surface area (Å²) in [6, 6.07) is 3.90. The molecule has 1 fully saturated rings. The molecule has 1 saturated heterocycles. The van der Waals surface area contributed by atoms with Gasteiger partial charge in [0.1, 0.15) is 11.9 Å². The van der Waals surface area contributed by atoms with E-state index in [0.717, 1.165) is 37.1 Å². The van der Waals surface area contributed by atoms with E-state index in [2.05, 4.69) is 17.2 Å². The number of sulfonamides is 1. The topological polar surface area (TPSA) is 79.4 Å². The number of hydrogen-bond acceptors (Lipinski definition) is 5. The van der Waals surface area contributed by atoms with Gasteiger partial charge in [0, 0.05) is 11.4 Å². The summed E-state index contributed by atoms with van der Waals surface area (Å²) in [6.45, 7) is 2.47. The van der Waals surface area contributed by atoms with Gasteiger partial charge in [-0.2, -0.15) is 4.31 Å². The summed E-state index contributed by atoms with van der Waals surface area (Å²) >= 11 is 1.48. The monoisotopic (exact) mass is 423 g/mol. The van der Waals surface area contributed by atoms with Crippen molar-refractivity contribution in [2.45, 2.75) is 50.0 Å². The standard InChI is InChI=1S/C19H22FN3O3S2/c1-12-4-9-15-17(11-12)27-19(21-15)22-18(24)16-3-2-10-23(16)28(25,26)14-7-5-13(20)6-8-14/h5-8,12,16H,2-4,9-11H2,1H3,(H,21,22,24)/t12-,16+/m0/s1. The van der Waals surface area contributed by atoms with E-state index in [1.165, 1.54) is 32.7 Å². The Bertz CT molecular complexity index is 988. The van der Waals surface area contributed by atoms with E-state index in [-0.39, 0.29) is 17.3 Å². The highest BCUT2D eigenvalue weighted by Crippen LogP contribution is 2.33. The molecule has 2 heterocycles. The predicted molar refractivity (Wildman–Crippen MR) is 105 cm³/mol. The van der Waals surface area contributed by atoms with Gasteiger partial charge in [-0.1, -0.05) is 6.92 Å². The fourth-order valence-corrected chi connectivity index (χ4v) is 6.64. The number of nitrogens with one attached hydrogen (secondary N) is 1. The van der Waals surface area contributed by atoms with Crippen molar-refractivity contribution in [3.63, 3.8) is 0 Å². The Kier molecular flexibility index (Phi) is 5.24. The molecule has 0 saturated carbocycles. The molecule has 6 nitrogen and oxygen atoms in total. The lowest BCUT2D eigenvalue weighted by molar-refractivity contribution is -0.119. The molecule has 9 heteroatoms. The van der Waals surface area contributed by atoms with E-state index in [1.807, 2.05) is 0 Å². The number of carbonyl (C=O) groups excluding carboxylic acids is 1. The summed E-state index contributed by atoms with van der Waals surface area (Å²) in [4.78, 5) is 18.6. The lowest BCUT2D eigenvalue weighted by Gasteiger charge is -2.23. The second-order valence-electron chi connectivity index (χ2n) is 7.45. The number of rotatable bonds is 4. The summed E-state index contributed by atoms with van der Waals surface area (Å²) in [5.41, 5.74) is 1.04. The Balaban J connectivity index is 1.52. The fraction of sp³-hybridized carbons (Fsp3) is 0.474. The quantitative estimate of drug-likeness (QED) is 0.819. The molecule has 1 N–H and O–H groups in total. The SMILES string of the molecule is C[C@H]1CCc2nc(NC(=O)[C@H]3CCCN3S(=O)(=O)c3ccc(F)cc3)sc2C1. The molecule has 4 rings (SSSR count). The number of nitrogens with zero attached hydrogens (tertiary/aromatic N) is 2. The van der Waals surface area contributed by atoms with E-state index in [1.54, 1.807) is 0 Å². The van der Waals surface area contributed by atoms with Crippen LogP contribution in [0.25, 0.3) is 0 Å². The first-order valence-electron chi connectivity index (χ1n) is 9.41. The van der Waals surface area contributed by atoms with Crippen molar-refractivity contribution in [1.29, 1.82) is 0 Å². The normalized spacial score (nSPS) is 22.8. The van der Waals surface area contributed by atoms with Gasteiger partial charge in [-0.05, 0) is 62.3 Å². The maximum absolute atomic E-state index is 13.1. The van der Waals surface area contributed by atoms with Crippen molar-refractivity contribution >= 4 is 32.4 Å². The van der Waals surface area contributed by atoms with E-state index in [9.17, 15) is 17.6 Å². The fourth-order valence-electron chi connectivity index (χ4n) is 3.81. The number of aromatic nitrogens is 1. The van der Waals surface area contributed by atoms with Crippen molar-refractivity contribution in [3.05, 3.63) is 40.7 Å². The molecular formula is C19H22FN3O3S2. The second-order valence-corrected chi connectivity index (χ2v) is 10.4. The van der Waals surface area contributed by atoms with E-state index < -0.39 is 21.9 Å². The van der Waals surface area contributed by atoms with Crippen LogP contribution in [-0.4, -0.2) is 36.2 Å². The number of fused-ring (bicyclic) bond motifs is 1. The zero-order chi connectivity index (χ0) is 19.9. The van der Waals surface area contributed by atoms with Gasteiger partial charge >= 0.3 is 0 Å². The van der Waals surface area contributed by atoms with Crippen LogP contribution >= 0.6 is 11.3 Å². The first kappa shape index (κ1) is 19.5. The van der Waals surface area contributed by atoms with Gasteiger partial charge in [-0.3, -0.25) is 4.79 Å². The van der Waals surface area contributed by atoms with Crippen molar-refractivity contribution < 1.29 is 17.6 Å². The third kappa shape index (κ3) is 3.70. The van der Waals surface area contributed by atoms with Crippen LogP contribution in [-0.2, 0) is 27.7 Å². The molecule has 1 aromatic heterocycles. The number of anilines is 1. The van der Waals surface area contributed by atoms with Gasteiger partial charge in [-0.15, -0.1) is 11.3 Å². The van der Waals surface area contributed by atoms with Gasteiger partial charge in [0.15, 0.2) is 5.13 Å². The predicted octanol–water partition coefficient (Wildman–Crippen LogP) is 3.20. The number of carbonyl (C=O) groups is 1. The number of aryl methyl sites for hydroxylation is 1. The van der Waals surface area contributed by atoms with Crippen molar-refractivity contribution in [1.82, 2.24) is 9.29 Å². The molecule has 150 valence electrons. The summed E-state index contributed by atoms with van der Waals surface area (Å²) < 4.78 is 40.2. The van der Waals surface area contributed by atoms with Gasteiger partial charge in [-0.25, -0.2) is 17.8 Å². The van der Waals surface area contributed by atoms with Gasteiger partial charge in [0.05, 0.1) is 10.6 Å². The molecule has 0 radical (unpaired) electrons. The molecule has 28 heavy (non-hydrogen) atoms. The van der Waals surface area contributed by atoms with Crippen LogP contribution < -0.4 is 5.32 Å². The molecule has 1 amide bonds. The zero-order valence-electron chi connectivity index (χ0n) is 15.5. The Morgan fingerprint density at radius 1 is 1.29 bits per heavy atom. The molecule has 0 spiro atoms. The molecule has 0 bridgehead atoms. The first-order valence-corrected chi connectivity index (χ1v) is 11.7. The molecule has 1 aliphatic carbocycles. The Morgan fingerprint density at radius 3 is 2.79 bits per heavy atom. The third-order valence-corrected chi connectivity index (χ3v) is 8.30. The molecule has 2 atom stereocenters. The van der Waals surface area contributed by atoms with Crippen LogP contribution in [0.4, 0.5) is 9.52 Å². The average Bonchev–Trinajstić information content (AvgIpc) is 3.28. The van der Waals surface area contributed by atoms with E-state index in [4.69, 9.17) is 0 Å². The molecule has 1 aromatic carbocycles. The minimum atomic E-state index is -3.86. The van der Waals surface area contributed by atoms with Gasteiger partial charge < -0.3 is 5.32 Å². The number of benzene rings is 1.